The maximum absolute atomic E-state index is 11.7. The predicted octanol–water partition coefficient (Wildman–Crippen LogP) is 4.35. The molecule has 2 aromatic carbocycles. The van der Waals surface area contributed by atoms with Crippen LogP contribution in [0.5, 0.6) is 17.2 Å². The molecule has 4 rings (SSSR count). The van der Waals surface area contributed by atoms with Gasteiger partial charge in [-0.25, -0.2) is 4.79 Å². The first-order chi connectivity index (χ1) is 14.0. The van der Waals surface area contributed by atoms with Crippen molar-refractivity contribution in [2.45, 2.75) is 5.22 Å². The Labute approximate surface area is 174 Å². The lowest BCUT2D eigenvalue weighted by molar-refractivity contribution is -0.131. The van der Waals surface area contributed by atoms with Crippen LogP contribution in [0.2, 0.25) is 5.02 Å². The minimum Gasteiger partial charge on any atom is -0.496 e. The number of hydrogen-bond acceptors (Lipinski definition) is 8. The van der Waals surface area contributed by atoms with Crippen LogP contribution in [0.15, 0.2) is 50.9 Å². The lowest BCUT2D eigenvalue weighted by atomic mass is 10.2. The van der Waals surface area contributed by atoms with Gasteiger partial charge in [-0.3, -0.25) is 0 Å². The number of ether oxygens (including phenoxy) is 3. The molecule has 3 aromatic rings. The molecule has 0 atom stereocenters. The summed E-state index contributed by atoms with van der Waals surface area (Å²) in [6, 6.07) is 10.1. The minimum atomic E-state index is -1.13. The van der Waals surface area contributed by atoms with E-state index >= 15 is 0 Å². The molecule has 0 fully saturated rings. The van der Waals surface area contributed by atoms with Gasteiger partial charge in [-0.1, -0.05) is 17.7 Å². The topological polar surface area (TPSA) is 104 Å². The number of nitrogens with zero attached hydrogens (tertiary/aromatic N) is 2. The van der Waals surface area contributed by atoms with Crippen LogP contribution in [0.4, 0.5) is 0 Å². The molecular weight excluding hydrogens is 420 g/mol. The quantitative estimate of drug-likeness (QED) is 0.449. The fourth-order valence-corrected chi connectivity index (χ4v) is 3.44. The summed E-state index contributed by atoms with van der Waals surface area (Å²) in [7, 11) is 1.51. The SMILES string of the molecule is COc1ccc(Cl)cc1-c1nnc(S/C(=C\c2ccc3c(c2)OCO3)C(=O)O)o1. The van der Waals surface area contributed by atoms with Crippen LogP contribution in [0.3, 0.4) is 0 Å². The van der Waals surface area contributed by atoms with Gasteiger partial charge < -0.3 is 23.7 Å². The molecule has 0 saturated carbocycles. The van der Waals surface area contributed by atoms with Gasteiger partial charge in [0.15, 0.2) is 11.5 Å². The van der Waals surface area contributed by atoms with E-state index in [1.54, 1.807) is 36.4 Å². The molecule has 0 amide bonds. The smallest absolute Gasteiger partial charge is 0.342 e. The number of carbonyl (C=O) groups is 1. The fraction of sp³-hybridized carbons (Fsp3) is 0.105. The molecule has 0 spiro atoms. The third kappa shape index (κ3) is 4.15. The van der Waals surface area contributed by atoms with Crippen molar-refractivity contribution >= 4 is 35.4 Å². The Balaban J connectivity index is 1.61. The molecule has 0 unspecified atom stereocenters. The highest BCUT2D eigenvalue weighted by Crippen LogP contribution is 2.36. The Morgan fingerprint density at radius 1 is 1.21 bits per heavy atom. The van der Waals surface area contributed by atoms with E-state index in [4.69, 9.17) is 30.2 Å². The summed E-state index contributed by atoms with van der Waals surface area (Å²) < 4.78 is 21.5. The van der Waals surface area contributed by atoms with Gasteiger partial charge in [-0.2, -0.15) is 0 Å². The highest BCUT2D eigenvalue weighted by molar-refractivity contribution is 8.03. The summed E-state index contributed by atoms with van der Waals surface area (Å²) in [4.78, 5) is 11.7. The molecule has 8 nitrogen and oxygen atoms in total. The number of rotatable bonds is 6. The summed E-state index contributed by atoms with van der Waals surface area (Å²) in [5.41, 5.74) is 1.14. The summed E-state index contributed by atoms with van der Waals surface area (Å²) in [6.07, 6.45) is 1.48. The Hall–Kier alpha value is -3.17. The maximum atomic E-state index is 11.7. The second kappa shape index (κ2) is 8.06. The third-order valence-corrected chi connectivity index (χ3v) is 4.99. The van der Waals surface area contributed by atoms with E-state index in [1.165, 1.54) is 13.2 Å². The van der Waals surface area contributed by atoms with Crippen LogP contribution >= 0.6 is 23.4 Å². The second-order valence-corrected chi connectivity index (χ2v) is 7.18. The number of fused-ring (bicyclic) bond motifs is 1. The van der Waals surface area contributed by atoms with Crippen LogP contribution in [0.25, 0.3) is 17.5 Å². The monoisotopic (exact) mass is 432 g/mol. The summed E-state index contributed by atoms with van der Waals surface area (Å²) in [5.74, 6) is 0.710. The molecule has 0 saturated heterocycles. The van der Waals surface area contributed by atoms with Gasteiger partial charge >= 0.3 is 5.97 Å². The van der Waals surface area contributed by atoms with Crippen molar-refractivity contribution in [3.8, 4) is 28.7 Å². The Morgan fingerprint density at radius 3 is 2.83 bits per heavy atom. The average Bonchev–Trinajstić information content (AvgIpc) is 3.36. The maximum Gasteiger partial charge on any atom is 0.342 e. The van der Waals surface area contributed by atoms with Crippen molar-refractivity contribution in [1.29, 1.82) is 0 Å². The predicted molar refractivity (Wildman–Crippen MR) is 105 cm³/mol. The average molecular weight is 433 g/mol. The molecule has 1 N–H and O–H groups in total. The first-order valence-corrected chi connectivity index (χ1v) is 9.43. The normalized spacial score (nSPS) is 12.8. The number of aromatic nitrogens is 2. The van der Waals surface area contributed by atoms with Crippen molar-refractivity contribution in [2.75, 3.05) is 13.9 Å². The Morgan fingerprint density at radius 2 is 2.03 bits per heavy atom. The van der Waals surface area contributed by atoms with E-state index in [2.05, 4.69) is 10.2 Å². The number of methoxy groups -OCH3 is 1. The largest absolute Gasteiger partial charge is 0.496 e. The third-order valence-electron chi connectivity index (χ3n) is 3.90. The van der Waals surface area contributed by atoms with Crippen molar-refractivity contribution in [3.05, 3.63) is 51.9 Å². The molecule has 1 aliphatic rings. The first kappa shape index (κ1) is 19.2. The highest BCUT2D eigenvalue weighted by Gasteiger charge is 2.19. The highest BCUT2D eigenvalue weighted by atomic mass is 35.5. The molecule has 1 aliphatic heterocycles. The number of halogens is 1. The van der Waals surface area contributed by atoms with E-state index < -0.39 is 5.97 Å². The first-order valence-electron chi connectivity index (χ1n) is 8.23. The molecule has 1 aromatic heterocycles. The number of hydrogen-bond donors (Lipinski definition) is 1. The van der Waals surface area contributed by atoms with Crippen molar-refractivity contribution in [3.63, 3.8) is 0 Å². The molecule has 0 bridgehead atoms. The molecule has 0 aliphatic carbocycles. The van der Waals surface area contributed by atoms with Crippen molar-refractivity contribution < 1.29 is 28.5 Å². The zero-order chi connectivity index (χ0) is 20.4. The van der Waals surface area contributed by atoms with Crippen LogP contribution in [-0.4, -0.2) is 35.2 Å². The molecule has 29 heavy (non-hydrogen) atoms. The number of carboxylic acid groups (broad SMARTS) is 1. The second-order valence-electron chi connectivity index (χ2n) is 5.75. The zero-order valence-corrected chi connectivity index (χ0v) is 16.5. The molecule has 0 radical (unpaired) electrons. The standard InChI is InChI=1S/C19H13ClN2O6S/c1-25-13-5-3-11(20)8-12(13)17-21-22-19(28-17)29-16(18(23)24)7-10-2-4-14-15(6-10)27-9-26-14/h2-8H,9H2,1H3,(H,23,24)/b16-7-. The van der Waals surface area contributed by atoms with Gasteiger partial charge in [0, 0.05) is 5.02 Å². The van der Waals surface area contributed by atoms with E-state index in [-0.39, 0.29) is 22.8 Å². The number of carboxylic acids is 1. The van der Waals surface area contributed by atoms with Crippen LogP contribution < -0.4 is 14.2 Å². The lowest BCUT2D eigenvalue weighted by Crippen LogP contribution is -1.96. The molecule has 10 heteroatoms. The van der Waals surface area contributed by atoms with Crippen LogP contribution in [0, 0.1) is 0 Å². The molecule has 2 heterocycles. The van der Waals surface area contributed by atoms with Gasteiger partial charge in [0.1, 0.15) is 10.7 Å². The summed E-state index contributed by atoms with van der Waals surface area (Å²) in [6.45, 7) is 0.140. The van der Waals surface area contributed by atoms with E-state index in [0.717, 1.165) is 11.8 Å². The van der Waals surface area contributed by atoms with E-state index in [1.807, 2.05) is 0 Å². The molecule has 148 valence electrons. The number of aliphatic carboxylic acids is 1. The summed E-state index contributed by atoms with van der Waals surface area (Å²) in [5, 5.41) is 18.0. The lowest BCUT2D eigenvalue weighted by Gasteiger charge is -2.04. The Kier molecular flexibility index (Phi) is 5.32. The van der Waals surface area contributed by atoms with Gasteiger partial charge in [0.05, 0.1) is 12.7 Å². The van der Waals surface area contributed by atoms with Gasteiger partial charge in [0.2, 0.25) is 6.79 Å². The Bertz CT molecular complexity index is 1110. The number of thioether (sulfide) groups is 1. The van der Waals surface area contributed by atoms with Crippen molar-refractivity contribution in [1.82, 2.24) is 10.2 Å². The van der Waals surface area contributed by atoms with Gasteiger partial charge in [-0.15, -0.1) is 10.2 Å². The van der Waals surface area contributed by atoms with E-state index in [0.29, 0.717) is 33.4 Å². The van der Waals surface area contributed by atoms with Crippen molar-refractivity contribution in [2.24, 2.45) is 0 Å². The van der Waals surface area contributed by atoms with E-state index in [9.17, 15) is 9.90 Å². The fourth-order valence-electron chi connectivity index (χ4n) is 2.59. The zero-order valence-electron chi connectivity index (χ0n) is 14.9. The number of benzene rings is 2. The molecular formula is C19H13ClN2O6S. The summed E-state index contributed by atoms with van der Waals surface area (Å²) >= 11 is 6.86. The van der Waals surface area contributed by atoms with Crippen LogP contribution in [0.1, 0.15) is 5.56 Å². The van der Waals surface area contributed by atoms with Gasteiger partial charge in [0.25, 0.3) is 11.1 Å². The van der Waals surface area contributed by atoms with Crippen LogP contribution in [-0.2, 0) is 4.79 Å². The minimum absolute atomic E-state index is 0.00266. The van der Waals surface area contributed by atoms with Gasteiger partial charge in [-0.05, 0) is 53.7 Å².